The lowest BCUT2D eigenvalue weighted by atomic mass is 10.1. The second kappa shape index (κ2) is 6.35. The van der Waals surface area contributed by atoms with Gasteiger partial charge >= 0.3 is 0 Å². The molecule has 0 aliphatic heterocycles. The molecule has 2 N–H and O–H groups in total. The Kier molecular flexibility index (Phi) is 5.09. The minimum Gasteiger partial charge on any atom is -0.391 e. The maximum absolute atomic E-state index is 10.8. The van der Waals surface area contributed by atoms with Crippen molar-refractivity contribution in [3.63, 3.8) is 0 Å². The Bertz CT molecular complexity index is 419. The number of aliphatic hydroxyl groups excluding tert-OH is 1. The van der Waals surface area contributed by atoms with Gasteiger partial charge in [0.1, 0.15) is 0 Å². The van der Waals surface area contributed by atoms with Crippen LogP contribution >= 0.6 is 0 Å². The highest BCUT2D eigenvalue weighted by Crippen LogP contribution is 2.22. The first kappa shape index (κ1) is 14.4. The number of hydrogen-bond acceptors (Lipinski definition) is 4. The van der Waals surface area contributed by atoms with E-state index in [4.69, 9.17) is 0 Å². The Hall–Kier alpha value is -1.62. The van der Waals surface area contributed by atoms with Crippen LogP contribution < -0.4 is 5.32 Å². The third-order valence-electron chi connectivity index (χ3n) is 2.69. The van der Waals surface area contributed by atoms with Crippen LogP contribution in [0.1, 0.15) is 25.8 Å². The largest absolute Gasteiger partial charge is 0.391 e. The van der Waals surface area contributed by atoms with Crippen LogP contribution in [-0.4, -0.2) is 22.7 Å². The Balaban J connectivity index is 2.63. The van der Waals surface area contributed by atoms with E-state index >= 15 is 0 Å². The predicted octanol–water partition coefficient (Wildman–Crippen LogP) is 2.72. The van der Waals surface area contributed by atoms with Crippen molar-refractivity contribution < 1.29 is 10.0 Å². The van der Waals surface area contributed by atoms with Crippen LogP contribution in [0.25, 0.3) is 0 Å². The molecule has 5 nitrogen and oxygen atoms in total. The molecule has 0 radical (unpaired) electrons. The molecule has 1 atom stereocenters. The van der Waals surface area contributed by atoms with E-state index in [-0.39, 0.29) is 5.69 Å². The van der Waals surface area contributed by atoms with Gasteiger partial charge in [-0.15, -0.1) is 0 Å². The summed E-state index contributed by atoms with van der Waals surface area (Å²) < 4.78 is 0. The average Bonchev–Trinajstić information content (AvgIpc) is 2.26. The van der Waals surface area contributed by atoms with Crippen molar-refractivity contribution in [2.75, 3.05) is 11.9 Å². The molecule has 1 unspecified atom stereocenters. The van der Waals surface area contributed by atoms with E-state index in [2.05, 4.69) is 5.32 Å². The zero-order valence-corrected chi connectivity index (χ0v) is 11.0. The molecular weight excluding hydrogens is 232 g/mol. The molecule has 1 rings (SSSR count). The predicted molar refractivity (Wildman–Crippen MR) is 71.8 cm³/mol. The summed E-state index contributed by atoms with van der Waals surface area (Å²) in [5.74, 6) is 0.425. The quantitative estimate of drug-likeness (QED) is 0.603. The lowest BCUT2D eigenvalue weighted by molar-refractivity contribution is -0.385. The number of nitro groups is 1. The van der Waals surface area contributed by atoms with Crippen molar-refractivity contribution in [3.05, 3.63) is 33.9 Å². The van der Waals surface area contributed by atoms with Crippen molar-refractivity contribution in [3.8, 4) is 0 Å². The minimum absolute atomic E-state index is 0.0957. The van der Waals surface area contributed by atoms with Gasteiger partial charge in [-0.25, -0.2) is 0 Å². The molecule has 0 aliphatic rings. The van der Waals surface area contributed by atoms with E-state index in [1.807, 2.05) is 13.8 Å². The third kappa shape index (κ3) is 4.33. The van der Waals surface area contributed by atoms with E-state index in [1.165, 1.54) is 6.07 Å². The van der Waals surface area contributed by atoms with Crippen molar-refractivity contribution in [2.24, 2.45) is 5.92 Å². The Labute approximate surface area is 107 Å². The third-order valence-corrected chi connectivity index (χ3v) is 2.69. The molecule has 0 fully saturated rings. The van der Waals surface area contributed by atoms with Gasteiger partial charge in [-0.3, -0.25) is 10.1 Å². The number of aryl methyl sites for hydroxylation is 1. The van der Waals surface area contributed by atoms with Gasteiger partial charge in [0.25, 0.3) is 5.69 Å². The topological polar surface area (TPSA) is 75.4 Å². The number of rotatable bonds is 6. The molecular formula is C13H20N2O3. The first-order valence-corrected chi connectivity index (χ1v) is 6.07. The van der Waals surface area contributed by atoms with Gasteiger partial charge in [-0.05, 0) is 25.3 Å². The van der Waals surface area contributed by atoms with E-state index in [0.29, 0.717) is 30.1 Å². The average molecular weight is 252 g/mol. The standard InChI is InChI=1S/C13H20N2O3/c1-9(2)6-12(16)8-14-11-5-4-10(3)13(7-11)15(17)18/h4-5,7,9,12,14,16H,6,8H2,1-3H3. The smallest absolute Gasteiger partial charge is 0.274 e. The first-order chi connectivity index (χ1) is 8.40. The summed E-state index contributed by atoms with van der Waals surface area (Å²) in [4.78, 5) is 10.4. The van der Waals surface area contributed by atoms with Gasteiger partial charge < -0.3 is 10.4 Å². The van der Waals surface area contributed by atoms with Gasteiger partial charge in [0.15, 0.2) is 0 Å². The fraction of sp³-hybridized carbons (Fsp3) is 0.538. The lowest BCUT2D eigenvalue weighted by Crippen LogP contribution is -2.21. The molecule has 0 amide bonds. The van der Waals surface area contributed by atoms with Gasteiger partial charge in [0.2, 0.25) is 0 Å². The summed E-state index contributed by atoms with van der Waals surface area (Å²) in [6.45, 7) is 6.19. The van der Waals surface area contributed by atoms with E-state index in [0.717, 1.165) is 0 Å². The molecule has 0 spiro atoms. The number of hydrogen-bond donors (Lipinski definition) is 2. The van der Waals surface area contributed by atoms with Gasteiger partial charge in [-0.1, -0.05) is 19.9 Å². The monoisotopic (exact) mass is 252 g/mol. The van der Waals surface area contributed by atoms with Crippen LogP contribution in [-0.2, 0) is 0 Å². The number of anilines is 1. The molecule has 1 aromatic carbocycles. The summed E-state index contributed by atoms with van der Waals surface area (Å²) in [6.07, 6.45) is 0.270. The van der Waals surface area contributed by atoms with Crippen molar-refractivity contribution in [1.29, 1.82) is 0 Å². The Morgan fingerprint density at radius 2 is 2.11 bits per heavy atom. The second-order valence-electron chi connectivity index (χ2n) is 4.92. The van der Waals surface area contributed by atoms with Crippen molar-refractivity contribution in [1.82, 2.24) is 0 Å². The van der Waals surface area contributed by atoms with Crippen LogP contribution in [0, 0.1) is 23.0 Å². The molecule has 0 aliphatic carbocycles. The molecule has 0 saturated carbocycles. The van der Waals surface area contributed by atoms with E-state index < -0.39 is 11.0 Å². The molecule has 0 bridgehead atoms. The minimum atomic E-state index is -0.439. The molecule has 100 valence electrons. The van der Waals surface area contributed by atoms with Crippen LogP contribution in [0.15, 0.2) is 18.2 Å². The molecule has 5 heteroatoms. The lowest BCUT2D eigenvalue weighted by Gasteiger charge is -2.14. The summed E-state index contributed by atoms with van der Waals surface area (Å²) in [5.41, 5.74) is 1.39. The van der Waals surface area contributed by atoms with Gasteiger partial charge in [0, 0.05) is 23.9 Å². The van der Waals surface area contributed by atoms with E-state index in [1.54, 1.807) is 19.1 Å². The number of benzene rings is 1. The highest BCUT2D eigenvalue weighted by molar-refractivity contribution is 5.54. The molecule has 1 aromatic rings. The maximum atomic E-state index is 10.8. The maximum Gasteiger partial charge on any atom is 0.274 e. The summed E-state index contributed by atoms with van der Waals surface area (Å²) in [7, 11) is 0. The van der Waals surface area contributed by atoms with Gasteiger partial charge in [0.05, 0.1) is 11.0 Å². The van der Waals surface area contributed by atoms with Crippen LogP contribution in [0.2, 0.25) is 0 Å². The molecule has 0 heterocycles. The zero-order chi connectivity index (χ0) is 13.7. The number of nitrogens with one attached hydrogen (secondary N) is 1. The van der Waals surface area contributed by atoms with Crippen LogP contribution in [0.3, 0.4) is 0 Å². The van der Waals surface area contributed by atoms with Crippen LogP contribution in [0.5, 0.6) is 0 Å². The van der Waals surface area contributed by atoms with Crippen LogP contribution in [0.4, 0.5) is 11.4 Å². The van der Waals surface area contributed by atoms with E-state index in [9.17, 15) is 15.2 Å². The Morgan fingerprint density at radius 3 is 2.67 bits per heavy atom. The highest BCUT2D eigenvalue weighted by Gasteiger charge is 2.12. The fourth-order valence-corrected chi connectivity index (χ4v) is 1.78. The summed E-state index contributed by atoms with van der Waals surface area (Å²) in [5, 5.41) is 23.5. The summed E-state index contributed by atoms with van der Waals surface area (Å²) >= 11 is 0. The highest BCUT2D eigenvalue weighted by atomic mass is 16.6. The van der Waals surface area contributed by atoms with Crippen molar-refractivity contribution >= 4 is 11.4 Å². The van der Waals surface area contributed by atoms with Gasteiger partial charge in [-0.2, -0.15) is 0 Å². The van der Waals surface area contributed by atoms with Crippen molar-refractivity contribution in [2.45, 2.75) is 33.3 Å². The zero-order valence-electron chi connectivity index (χ0n) is 11.0. The number of nitro benzene ring substituents is 1. The SMILES string of the molecule is Cc1ccc(NCC(O)CC(C)C)cc1[N+](=O)[O-]. The Morgan fingerprint density at radius 1 is 1.44 bits per heavy atom. The molecule has 0 saturated heterocycles. The second-order valence-corrected chi connectivity index (χ2v) is 4.92. The number of nitrogens with zero attached hydrogens (tertiary/aromatic N) is 1. The fourth-order valence-electron chi connectivity index (χ4n) is 1.78. The molecule has 0 aromatic heterocycles. The number of aliphatic hydroxyl groups is 1. The first-order valence-electron chi connectivity index (χ1n) is 6.07. The molecule has 18 heavy (non-hydrogen) atoms. The normalized spacial score (nSPS) is 12.5. The summed E-state index contributed by atoms with van der Waals surface area (Å²) in [6, 6.07) is 4.98.